The molecular formula is C47H49ClF3NO5. The van der Waals surface area contributed by atoms with E-state index >= 15 is 0 Å². The van der Waals surface area contributed by atoms with Crippen LogP contribution in [0.25, 0.3) is 22.0 Å². The van der Waals surface area contributed by atoms with Crippen LogP contribution in [0, 0.1) is 13.8 Å². The first-order valence-electron chi connectivity index (χ1n) is 19.0. The molecule has 0 saturated heterocycles. The van der Waals surface area contributed by atoms with Gasteiger partial charge in [-0.05, 0) is 118 Å². The summed E-state index contributed by atoms with van der Waals surface area (Å²) in [7, 11) is 0. The summed E-state index contributed by atoms with van der Waals surface area (Å²) in [5.41, 5.74) is 3.64. The molecule has 57 heavy (non-hydrogen) atoms. The van der Waals surface area contributed by atoms with Crippen molar-refractivity contribution in [2.75, 3.05) is 6.79 Å². The Kier molecular flexibility index (Phi) is 18.2. The van der Waals surface area contributed by atoms with Crippen molar-refractivity contribution < 1.29 is 36.9 Å². The van der Waals surface area contributed by atoms with E-state index in [9.17, 15) is 18.0 Å². The fraction of sp³-hybridized carbons (Fsp3) is 0.277. The quantitative estimate of drug-likeness (QED) is 0.0475. The van der Waals surface area contributed by atoms with Gasteiger partial charge in [0, 0.05) is 28.1 Å². The number of nitrogens with zero attached hydrogens (tertiary/aromatic N) is 1. The van der Waals surface area contributed by atoms with E-state index in [1.807, 2.05) is 44.2 Å². The number of pyridine rings is 1. The zero-order valence-electron chi connectivity index (χ0n) is 32.6. The highest BCUT2D eigenvalue weighted by Crippen LogP contribution is 2.41. The normalized spacial score (nSPS) is 12.4. The average Bonchev–Trinajstić information content (AvgIpc) is 3.17. The van der Waals surface area contributed by atoms with Crippen LogP contribution in [-0.2, 0) is 9.53 Å². The van der Waals surface area contributed by atoms with Crippen molar-refractivity contribution in [1.82, 2.24) is 4.98 Å². The van der Waals surface area contributed by atoms with Gasteiger partial charge in [-0.1, -0.05) is 104 Å². The number of esters is 1. The van der Waals surface area contributed by atoms with Crippen molar-refractivity contribution in [1.29, 1.82) is 0 Å². The molecular weight excluding hydrogens is 751 g/mol. The summed E-state index contributed by atoms with van der Waals surface area (Å²) < 4.78 is 58.9. The molecule has 6 nitrogen and oxygen atoms in total. The Morgan fingerprint density at radius 3 is 1.77 bits per heavy atom. The smallest absolute Gasteiger partial charge is 0.457 e. The zero-order chi connectivity index (χ0) is 40.9. The Hall–Kier alpha value is -5.54. The van der Waals surface area contributed by atoms with Crippen molar-refractivity contribution in [3.05, 3.63) is 150 Å². The van der Waals surface area contributed by atoms with Crippen molar-refractivity contribution in [3.8, 4) is 34.1 Å². The molecule has 3 aromatic carbocycles. The predicted octanol–water partition coefficient (Wildman–Crippen LogP) is 14.2. The van der Waals surface area contributed by atoms with Crippen LogP contribution in [0.3, 0.4) is 0 Å². The van der Waals surface area contributed by atoms with Gasteiger partial charge in [0.05, 0.1) is 5.52 Å². The highest BCUT2D eigenvalue weighted by atomic mass is 35.5. The molecule has 0 atom stereocenters. The maximum absolute atomic E-state index is 12.6. The molecule has 0 aliphatic rings. The van der Waals surface area contributed by atoms with Gasteiger partial charge in [0.2, 0.25) is 6.79 Å². The second-order valence-electron chi connectivity index (χ2n) is 12.9. The van der Waals surface area contributed by atoms with Crippen LogP contribution in [-0.4, -0.2) is 24.1 Å². The van der Waals surface area contributed by atoms with Gasteiger partial charge in [-0.2, -0.15) is 0 Å². The number of hydrogen-bond donors (Lipinski definition) is 0. The number of alkyl halides is 3. The molecule has 0 amide bonds. The van der Waals surface area contributed by atoms with Crippen LogP contribution in [0.4, 0.5) is 13.2 Å². The number of allylic oxidation sites excluding steroid dienone is 12. The van der Waals surface area contributed by atoms with E-state index in [0.29, 0.717) is 50.9 Å². The zero-order valence-corrected chi connectivity index (χ0v) is 33.3. The first kappa shape index (κ1) is 44.2. The van der Waals surface area contributed by atoms with E-state index in [1.54, 1.807) is 18.2 Å². The molecule has 0 spiro atoms. The van der Waals surface area contributed by atoms with Crippen molar-refractivity contribution in [3.63, 3.8) is 0 Å². The number of benzene rings is 3. The Bertz CT molecular complexity index is 2060. The van der Waals surface area contributed by atoms with Crippen molar-refractivity contribution in [2.24, 2.45) is 0 Å². The lowest BCUT2D eigenvalue weighted by atomic mass is 9.99. The van der Waals surface area contributed by atoms with Gasteiger partial charge in [0.1, 0.15) is 23.0 Å². The molecule has 0 radical (unpaired) electrons. The molecule has 1 aromatic heterocycles. The van der Waals surface area contributed by atoms with E-state index in [-0.39, 0.29) is 24.9 Å². The maximum atomic E-state index is 12.6. The second-order valence-corrected chi connectivity index (χ2v) is 13.3. The molecule has 4 rings (SSSR count). The van der Waals surface area contributed by atoms with Gasteiger partial charge in [-0.15, -0.1) is 13.2 Å². The molecule has 4 aromatic rings. The SMILES string of the molecule is CC/C=C\C/C=C\C/C=C\C/C=C\C/C=C\C/C=C\CCC(=O)OCOc1c(-c2ccc(Oc3ccc(OC(F)(F)F)cc3)cc2)c(C)nc2cc(C)c(Cl)cc12. The van der Waals surface area contributed by atoms with Gasteiger partial charge in [-0.3, -0.25) is 9.78 Å². The molecule has 0 fully saturated rings. The van der Waals surface area contributed by atoms with Gasteiger partial charge in [0.15, 0.2) is 0 Å². The number of rotatable bonds is 21. The molecule has 0 bridgehead atoms. The van der Waals surface area contributed by atoms with Crippen LogP contribution in [0.15, 0.2) is 134 Å². The van der Waals surface area contributed by atoms with E-state index in [1.165, 1.54) is 24.3 Å². The number of carbonyl (C=O) groups is 1. The van der Waals surface area contributed by atoms with Crippen molar-refractivity contribution >= 4 is 28.5 Å². The summed E-state index contributed by atoms with van der Waals surface area (Å²) in [6.07, 6.45) is 27.2. The number of carbonyl (C=O) groups excluding carboxylic acids is 1. The van der Waals surface area contributed by atoms with Crippen LogP contribution in [0.1, 0.15) is 69.5 Å². The lowest BCUT2D eigenvalue weighted by molar-refractivity contribution is -0.274. The van der Waals surface area contributed by atoms with Crippen LogP contribution >= 0.6 is 11.6 Å². The minimum absolute atomic E-state index is 0.207. The van der Waals surface area contributed by atoms with Crippen molar-refractivity contribution in [2.45, 2.75) is 78.5 Å². The summed E-state index contributed by atoms with van der Waals surface area (Å²) in [5.74, 6) is 0.509. The summed E-state index contributed by atoms with van der Waals surface area (Å²) in [6, 6.07) is 15.8. The van der Waals surface area contributed by atoms with Gasteiger partial charge in [0.25, 0.3) is 0 Å². The minimum atomic E-state index is -4.78. The summed E-state index contributed by atoms with van der Waals surface area (Å²) in [4.78, 5) is 17.4. The van der Waals surface area contributed by atoms with Crippen LogP contribution < -0.4 is 14.2 Å². The number of aryl methyl sites for hydroxylation is 2. The van der Waals surface area contributed by atoms with Gasteiger partial charge >= 0.3 is 12.3 Å². The molecule has 0 saturated carbocycles. The first-order valence-corrected chi connectivity index (χ1v) is 19.3. The highest BCUT2D eigenvalue weighted by Gasteiger charge is 2.31. The number of fused-ring (bicyclic) bond motifs is 1. The molecule has 0 aliphatic carbocycles. The lowest BCUT2D eigenvalue weighted by Crippen LogP contribution is -2.16. The molecule has 0 aliphatic heterocycles. The van der Waals surface area contributed by atoms with Gasteiger partial charge < -0.3 is 18.9 Å². The minimum Gasteiger partial charge on any atom is -0.457 e. The highest BCUT2D eigenvalue weighted by molar-refractivity contribution is 6.32. The molecule has 0 N–H and O–H groups in total. The Labute approximate surface area is 338 Å². The van der Waals surface area contributed by atoms with Crippen LogP contribution in [0.2, 0.25) is 5.02 Å². The first-order chi connectivity index (χ1) is 27.5. The third kappa shape index (κ3) is 15.9. The Morgan fingerprint density at radius 2 is 1.23 bits per heavy atom. The summed E-state index contributed by atoms with van der Waals surface area (Å²) in [5, 5.41) is 1.19. The Balaban J connectivity index is 1.26. The average molecular weight is 800 g/mol. The largest absolute Gasteiger partial charge is 0.573 e. The third-order valence-electron chi connectivity index (χ3n) is 8.37. The lowest BCUT2D eigenvalue weighted by Gasteiger charge is -2.18. The number of aromatic nitrogens is 1. The summed E-state index contributed by atoms with van der Waals surface area (Å²) in [6.45, 7) is 5.58. The monoisotopic (exact) mass is 799 g/mol. The van der Waals surface area contributed by atoms with E-state index in [2.05, 4.69) is 72.4 Å². The van der Waals surface area contributed by atoms with Crippen LogP contribution in [0.5, 0.6) is 23.0 Å². The number of halogens is 4. The van der Waals surface area contributed by atoms with E-state index in [0.717, 1.165) is 49.7 Å². The third-order valence-corrected chi connectivity index (χ3v) is 8.78. The number of ether oxygens (including phenoxy) is 4. The standard InChI is InChI=1S/C47H49ClF3NO5/c1-4-5-6-7-8-9-10-11-12-13-14-15-16-17-18-19-20-21-22-23-44(53)54-34-55-46-41-33-42(48)35(2)32-43(41)52-36(3)45(46)37-24-26-38(27-25-37)56-39-28-30-40(31-29-39)57-47(49,50)51/h5-6,8-9,11-12,14-15,17-18,20-21,24-33H,4,7,10,13,16,19,22-23,34H2,1-3H3/b6-5-,9-8-,12-11-,15-14-,18-17-,21-20-. The second kappa shape index (κ2) is 23.5. The topological polar surface area (TPSA) is 66.9 Å². The number of hydrogen-bond acceptors (Lipinski definition) is 6. The molecule has 1 heterocycles. The maximum Gasteiger partial charge on any atom is 0.573 e. The molecule has 0 unspecified atom stereocenters. The van der Waals surface area contributed by atoms with E-state index < -0.39 is 6.36 Å². The molecule has 300 valence electrons. The Morgan fingerprint density at radius 1 is 0.719 bits per heavy atom. The van der Waals surface area contributed by atoms with E-state index in [4.69, 9.17) is 30.8 Å². The van der Waals surface area contributed by atoms with Gasteiger partial charge in [-0.25, -0.2) is 0 Å². The summed E-state index contributed by atoms with van der Waals surface area (Å²) >= 11 is 6.52. The molecule has 10 heteroatoms. The fourth-order valence-corrected chi connectivity index (χ4v) is 5.73. The predicted molar refractivity (Wildman–Crippen MR) is 224 cm³/mol. The fourth-order valence-electron chi connectivity index (χ4n) is 5.57.